The number of phenols is 1. The highest BCUT2D eigenvalue weighted by molar-refractivity contribution is 5.98. The minimum atomic E-state index is -2.64. The summed E-state index contributed by atoms with van der Waals surface area (Å²) in [6.45, 7) is -0.770. The number of methoxy groups -OCH3 is 1. The van der Waals surface area contributed by atoms with Crippen LogP contribution in [0.2, 0.25) is 0 Å². The Morgan fingerprint density at radius 2 is 1.74 bits per heavy atom. The van der Waals surface area contributed by atoms with Gasteiger partial charge in [0.25, 0.3) is 6.43 Å². The lowest BCUT2D eigenvalue weighted by Crippen LogP contribution is -2.41. The maximum absolute atomic E-state index is 13.4. The van der Waals surface area contributed by atoms with Gasteiger partial charge < -0.3 is 24.4 Å². The van der Waals surface area contributed by atoms with Gasteiger partial charge in [0.05, 0.1) is 19.6 Å². The minimum Gasteiger partial charge on any atom is -0.508 e. The van der Waals surface area contributed by atoms with E-state index in [9.17, 15) is 18.7 Å². The number of hydrogen-bond donors (Lipinski definition) is 1. The molecule has 0 spiro atoms. The van der Waals surface area contributed by atoms with Gasteiger partial charge in [-0.15, -0.1) is 0 Å². The Bertz CT molecular complexity index is 1160. The van der Waals surface area contributed by atoms with Crippen LogP contribution in [0.3, 0.4) is 0 Å². The van der Waals surface area contributed by atoms with E-state index in [1.165, 1.54) is 7.11 Å². The molecule has 0 fully saturated rings. The summed E-state index contributed by atoms with van der Waals surface area (Å²) in [7, 11) is 5.30. The lowest BCUT2D eigenvalue weighted by molar-refractivity contribution is -0.118. The Kier molecular flexibility index (Phi) is 6.58. The SMILES string of the molecule is COc1cc2c(cc1OCC(F)F)C(c1ccc(O)cc1)N(c1ccc(N(C)C)cc1)C(=O)C2. The van der Waals surface area contributed by atoms with Crippen molar-refractivity contribution in [3.05, 3.63) is 77.4 Å². The number of anilines is 2. The molecule has 8 heteroatoms. The van der Waals surface area contributed by atoms with Crippen LogP contribution in [-0.2, 0) is 11.2 Å². The van der Waals surface area contributed by atoms with E-state index >= 15 is 0 Å². The highest BCUT2D eigenvalue weighted by atomic mass is 19.3. The summed E-state index contributed by atoms with van der Waals surface area (Å²) >= 11 is 0. The van der Waals surface area contributed by atoms with Crippen molar-refractivity contribution < 1.29 is 28.2 Å². The first-order valence-electron chi connectivity index (χ1n) is 10.8. The number of aromatic hydroxyl groups is 1. The minimum absolute atomic E-state index is 0.101. The largest absolute Gasteiger partial charge is 0.508 e. The van der Waals surface area contributed by atoms with E-state index < -0.39 is 19.1 Å². The van der Waals surface area contributed by atoms with Gasteiger partial charge in [-0.05, 0) is 65.2 Å². The van der Waals surface area contributed by atoms with E-state index in [4.69, 9.17) is 9.47 Å². The maximum atomic E-state index is 13.4. The molecule has 1 unspecified atom stereocenters. The summed E-state index contributed by atoms with van der Waals surface area (Å²) in [5, 5.41) is 9.81. The van der Waals surface area contributed by atoms with Crippen molar-refractivity contribution in [2.75, 3.05) is 37.6 Å². The second-order valence-electron chi connectivity index (χ2n) is 8.25. The van der Waals surface area contributed by atoms with Crippen LogP contribution in [0.15, 0.2) is 60.7 Å². The van der Waals surface area contributed by atoms with Crippen molar-refractivity contribution in [2.24, 2.45) is 0 Å². The van der Waals surface area contributed by atoms with Crippen LogP contribution < -0.4 is 19.3 Å². The molecule has 1 N–H and O–H groups in total. The van der Waals surface area contributed by atoms with Crippen LogP contribution in [0, 0.1) is 0 Å². The Morgan fingerprint density at radius 1 is 1.06 bits per heavy atom. The second-order valence-corrected chi connectivity index (χ2v) is 8.25. The van der Waals surface area contributed by atoms with Crippen molar-refractivity contribution in [1.29, 1.82) is 0 Å². The van der Waals surface area contributed by atoms with E-state index in [1.807, 2.05) is 43.3 Å². The number of benzene rings is 3. The van der Waals surface area contributed by atoms with Gasteiger partial charge in [0.1, 0.15) is 12.4 Å². The van der Waals surface area contributed by atoms with Crippen molar-refractivity contribution >= 4 is 17.3 Å². The summed E-state index contributed by atoms with van der Waals surface area (Å²) < 4.78 is 36.4. The highest BCUT2D eigenvalue weighted by Crippen LogP contribution is 2.43. The zero-order valence-electron chi connectivity index (χ0n) is 19.2. The molecular formula is C26H26F2N2O4. The molecule has 0 bridgehead atoms. The maximum Gasteiger partial charge on any atom is 0.272 e. The summed E-state index contributed by atoms with van der Waals surface area (Å²) in [4.78, 5) is 17.1. The van der Waals surface area contributed by atoms with Gasteiger partial charge in [-0.25, -0.2) is 8.78 Å². The Balaban J connectivity index is 1.86. The van der Waals surface area contributed by atoms with Crippen LogP contribution in [0.4, 0.5) is 20.2 Å². The third kappa shape index (κ3) is 4.62. The van der Waals surface area contributed by atoms with E-state index in [1.54, 1.807) is 41.3 Å². The zero-order valence-corrected chi connectivity index (χ0v) is 19.2. The van der Waals surface area contributed by atoms with Crippen LogP contribution in [0.1, 0.15) is 22.7 Å². The average molecular weight is 469 g/mol. The van der Waals surface area contributed by atoms with Crippen LogP contribution in [0.25, 0.3) is 0 Å². The van der Waals surface area contributed by atoms with Gasteiger partial charge in [-0.2, -0.15) is 0 Å². The second kappa shape index (κ2) is 9.59. The normalized spacial score (nSPS) is 15.3. The first kappa shape index (κ1) is 23.4. The number of ether oxygens (including phenoxy) is 2. The number of phenolic OH excluding ortho intramolecular Hbond substituents is 1. The van der Waals surface area contributed by atoms with Gasteiger partial charge in [-0.3, -0.25) is 4.79 Å². The van der Waals surface area contributed by atoms with Crippen LogP contribution in [-0.4, -0.2) is 45.3 Å². The standard InChI is InChI=1S/C26H26F2N2O4/c1-29(2)18-6-8-19(9-7-18)30-25(32)13-17-12-22(33-3)23(34-15-24(27)28)14-21(17)26(30)16-4-10-20(31)11-5-16/h4-12,14,24,26,31H,13,15H2,1-3H3. The third-order valence-electron chi connectivity index (χ3n) is 5.81. The van der Waals surface area contributed by atoms with E-state index in [0.717, 1.165) is 22.4 Å². The molecule has 0 saturated carbocycles. The summed E-state index contributed by atoms with van der Waals surface area (Å²) in [6.07, 6.45) is -2.52. The number of nitrogens with zero attached hydrogens (tertiary/aromatic N) is 2. The highest BCUT2D eigenvalue weighted by Gasteiger charge is 2.36. The first-order valence-corrected chi connectivity index (χ1v) is 10.8. The first-order chi connectivity index (χ1) is 16.3. The molecule has 1 heterocycles. The molecule has 0 saturated heterocycles. The molecule has 0 aromatic heterocycles. The lowest BCUT2D eigenvalue weighted by atomic mass is 9.86. The molecule has 1 atom stereocenters. The molecule has 3 aromatic carbocycles. The number of hydrogen-bond acceptors (Lipinski definition) is 5. The topological polar surface area (TPSA) is 62.2 Å². The molecule has 6 nitrogen and oxygen atoms in total. The van der Waals surface area contributed by atoms with Gasteiger partial charge in [-0.1, -0.05) is 12.1 Å². The number of carbonyl (C=O) groups excluding carboxylic acids is 1. The van der Waals surface area contributed by atoms with E-state index in [0.29, 0.717) is 11.4 Å². The number of fused-ring (bicyclic) bond motifs is 1. The van der Waals surface area contributed by atoms with Crippen molar-refractivity contribution in [3.63, 3.8) is 0 Å². The molecule has 0 radical (unpaired) electrons. The molecule has 4 rings (SSSR count). The molecule has 34 heavy (non-hydrogen) atoms. The summed E-state index contributed by atoms with van der Waals surface area (Å²) in [5.41, 5.74) is 3.92. The van der Waals surface area contributed by atoms with Gasteiger partial charge in [0.2, 0.25) is 5.91 Å². The molecule has 1 aliphatic heterocycles. The predicted molar refractivity (Wildman–Crippen MR) is 126 cm³/mol. The molecule has 1 aliphatic rings. The van der Waals surface area contributed by atoms with Crippen LogP contribution >= 0.6 is 0 Å². The third-order valence-corrected chi connectivity index (χ3v) is 5.81. The van der Waals surface area contributed by atoms with Crippen molar-refractivity contribution in [1.82, 2.24) is 0 Å². The summed E-state index contributed by atoms with van der Waals surface area (Å²) in [5.74, 6) is 0.457. The fourth-order valence-electron chi connectivity index (χ4n) is 4.17. The average Bonchev–Trinajstić information content (AvgIpc) is 2.82. The Labute approximate surface area is 196 Å². The number of halogens is 2. The van der Waals surface area contributed by atoms with Gasteiger partial charge in [0, 0.05) is 25.5 Å². The van der Waals surface area contributed by atoms with Crippen molar-refractivity contribution in [2.45, 2.75) is 18.9 Å². The monoisotopic (exact) mass is 468 g/mol. The van der Waals surface area contributed by atoms with Crippen molar-refractivity contribution in [3.8, 4) is 17.2 Å². The number of alkyl halides is 2. The Morgan fingerprint density at radius 3 is 2.32 bits per heavy atom. The van der Waals surface area contributed by atoms with Gasteiger partial charge >= 0.3 is 0 Å². The zero-order chi connectivity index (χ0) is 24.4. The molecule has 0 aliphatic carbocycles. The van der Waals surface area contributed by atoms with E-state index in [-0.39, 0.29) is 23.8 Å². The number of rotatable bonds is 7. The van der Waals surface area contributed by atoms with E-state index in [2.05, 4.69) is 0 Å². The smallest absolute Gasteiger partial charge is 0.272 e. The number of amides is 1. The fraction of sp³-hybridized carbons (Fsp3) is 0.269. The molecular weight excluding hydrogens is 442 g/mol. The predicted octanol–water partition coefficient (Wildman–Crippen LogP) is 4.79. The fourth-order valence-corrected chi connectivity index (χ4v) is 4.17. The summed E-state index contributed by atoms with van der Waals surface area (Å²) in [6, 6.07) is 17.0. The van der Waals surface area contributed by atoms with Crippen LogP contribution in [0.5, 0.6) is 17.2 Å². The quantitative estimate of drug-likeness (QED) is 0.540. The lowest BCUT2D eigenvalue weighted by Gasteiger charge is -2.38. The molecule has 3 aromatic rings. The molecule has 178 valence electrons. The van der Waals surface area contributed by atoms with Gasteiger partial charge in [0.15, 0.2) is 11.5 Å². The Hall–Kier alpha value is -3.81. The molecule has 1 amide bonds. The number of carbonyl (C=O) groups is 1.